The highest BCUT2D eigenvalue weighted by atomic mass is 16.3. The number of hydrogen-bond acceptors (Lipinski definition) is 2. The Morgan fingerprint density at radius 1 is 0.793 bits per heavy atom. The van der Waals surface area contributed by atoms with Gasteiger partial charge >= 0.3 is 0 Å². The largest absolute Gasteiger partial charge is 0.507 e. The number of rotatable bonds is 5. The van der Waals surface area contributed by atoms with Crippen LogP contribution < -0.4 is 0 Å². The van der Waals surface area contributed by atoms with Crippen molar-refractivity contribution in [2.24, 2.45) is 0 Å². The minimum Gasteiger partial charge on any atom is -0.507 e. The number of aryl methyl sites for hydroxylation is 2. The summed E-state index contributed by atoms with van der Waals surface area (Å²) in [6, 6.07) is 6.44. The van der Waals surface area contributed by atoms with Crippen molar-refractivity contribution in [3.8, 4) is 11.5 Å². The Labute approximate surface area is 178 Å². The summed E-state index contributed by atoms with van der Waals surface area (Å²) in [7, 11) is 0. The molecule has 2 aromatic carbocycles. The van der Waals surface area contributed by atoms with Gasteiger partial charge in [0.15, 0.2) is 0 Å². The van der Waals surface area contributed by atoms with Crippen molar-refractivity contribution in [1.82, 2.24) is 0 Å². The molecule has 2 N–H and O–H groups in total. The molecule has 0 bridgehead atoms. The molecule has 0 aliphatic rings. The van der Waals surface area contributed by atoms with E-state index in [1.165, 1.54) is 16.7 Å². The van der Waals surface area contributed by atoms with Gasteiger partial charge in [-0.1, -0.05) is 73.1 Å². The molecule has 0 saturated carbocycles. The molecule has 2 rings (SSSR count). The minimum atomic E-state index is -0.143. The summed E-state index contributed by atoms with van der Waals surface area (Å²) in [6.07, 6.45) is 3.89. The van der Waals surface area contributed by atoms with E-state index in [4.69, 9.17) is 0 Å². The van der Waals surface area contributed by atoms with Gasteiger partial charge in [-0.25, -0.2) is 0 Å². The van der Waals surface area contributed by atoms with E-state index >= 15 is 0 Å². The van der Waals surface area contributed by atoms with Crippen LogP contribution in [0.15, 0.2) is 18.2 Å². The molecular weight excluding hydrogens is 356 g/mol. The molecular formula is C27H40O2. The Kier molecular flexibility index (Phi) is 6.77. The number of benzene rings is 2. The maximum Gasteiger partial charge on any atom is 0.123 e. The van der Waals surface area contributed by atoms with Crippen molar-refractivity contribution >= 4 is 0 Å². The fourth-order valence-electron chi connectivity index (χ4n) is 4.07. The van der Waals surface area contributed by atoms with Gasteiger partial charge in [0.1, 0.15) is 11.5 Å². The lowest BCUT2D eigenvalue weighted by atomic mass is 9.77. The molecule has 0 amide bonds. The van der Waals surface area contributed by atoms with Crippen LogP contribution in [0.5, 0.6) is 11.5 Å². The first kappa shape index (κ1) is 23.3. The highest BCUT2D eigenvalue weighted by Gasteiger charge is 2.27. The summed E-state index contributed by atoms with van der Waals surface area (Å²) >= 11 is 0. The van der Waals surface area contributed by atoms with Crippen LogP contribution in [0.25, 0.3) is 0 Å². The zero-order chi connectivity index (χ0) is 22.1. The third kappa shape index (κ3) is 5.15. The van der Waals surface area contributed by atoms with Crippen LogP contribution in [-0.2, 0) is 23.7 Å². The molecule has 0 aliphatic carbocycles. The van der Waals surface area contributed by atoms with Gasteiger partial charge in [0.05, 0.1) is 0 Å². The summed E-state index contributed by atoms with van der Waals surface area (Å²) in [5.41, 5.74) is 7.33. The molecule has 0 saturated heterocycles. The smallest absolute Gasteiger partial charge is 0.123 e. The molecule has 0 aromatic heterocycles. The SMILES string of the molecule is CCCCc1cc(C)c(Cc2cc(C(C)(C)C)c(O)c(C(C)(C)C)c2)c(C)c1O. The van der Waals surface area contributed by atoms with Crippen molar-refractivity contribution < 1.29 is 10.2 Å². The highest BCUT2D eigenvalue weighted by Crippen LogP contribution is 2.41. The molecule has 0 fully saturated rings. The normalized spacial score (nSPS) is 12.4. The standard InChI is InChI=1S/C27H40O2/c1-10-11-12-20-13-17(2)21(18(3)24(20)28)14-19-15-22(26(4,5)6)25(29)23(16-19)27(7,8)9/h13,15-16,28-29H,10-12,14H2,1-9H3. The number of phenols is 2. The van der Waals surface area contributed by atoms with Gasteiger partial charge in [0.2, 0.25) is 0 Å². The number of aromatic hydroxyl groups is 2. The van der Waals surface area contributed by atoms with Crippen LogP contribution >= 0.6 is 0 Å². The summed E-state index contributed by atoms with van der Waals surface area (Å²) in [4.78, 5) is 0. The lowest BCUT2D eigenvalue weighted by Gasteiger charge is -2.28. The molecule has 0 heterocycles. The quantitative estimate of drug-likeness (QED) is 0.559. The zero-order valence-corrected chi connectivity index (χ0v) is 20.0. The fourth-order valence-corrected chi connectivity index (χ4v) is 4.07. The average Bonchev–Trinajstić information content (AvgIpc) is 2.59. The van der Waals surface area contributed by atoms with Crippen molar-refractivity contribution in [2.75, 3.05) is 0 Å². The molecule has 2 aromatic rings. The van der Waals surface area contributed by atoms with Gasteiger partial charge in [-0.2, -0.15) is 0 Å². The predicted octanol–water partition coefficient (Wildman–Crippen LogP) is 7.24. The van der Waals surface area contributed by atoms with Gasteiger partial charge in [-0.15, -0.1) is 0 Å². The second kappa shape index (κ2) is 8.42. The van der Waals surface area contributed by atoms with E-state index in [-0.39, 0.29) is 10.8 Å². The van der Waals surface area contributed by atoms with Crippen molar-refractivity contribution in [1.29, 1.82) is 0 Å². The van der Waals surface area contributed by atoms with Gasteiger partial charge in [-0.3, -0.25) is 0 Å². The van der Waals surface area contributed by atoms with E-state index in [1.807, 2.05) is 6.92 Å². The van der Waals surface area contributed by atoms with Crippen LogP contribution in [0.4, 0.5) is 0 Å². The second-order valence-corrected chi connectivity index (χ2v) is 10.6. The Bertz CT molecular complexity index is 842. The monoisotopic (exact) mass is 396 g/mol. The van der Waals surface area contributed by atoms with Crippen molar-refractivity contribution in [3.63, 3.8) is 0 Å². The zero-order valence-electron chi connectivity index (χ0n) is 20.0. The molecule has 0 aliphatic heterocycles. The van der Waals surface area contributed by atoms with Crippen LogP contribution in [0.1, 0.15) is 100 Å². The molecule has 29 heavy (non-hydrogen) atoms. The Morgan fingerprint density at radius 3 is 1.76 bits per heavy atom. The summed E-state index contributed by atoms with van der Waals surface area (Å²) in [6.45, 7) is 19.2. The third-order valence-corrected chi connectivity index (χ3v) is 5.95. The van der Waals surface area contributed by atoms with Gasteiger partial charge in [0, 0.05) is 0 Å². The van der Waals surface area contributed by atoms with Crippen molar-refractivity contribution in [2.45, 2.75) is 98.8 Å². The Hall–Kier alpha value is -1.96. The third-order valence-electron chi connectivity index (χ3n) is 5.95. The number of phenolic OH excluding ortho intramolecular Hbond substituents is 2. The van der Waals surface area contributed by atoms with Gasteiger partial charge < -0.3 is 10.2 Å². The van der Waals surface area contributed by atoms with E-state index in [2.05, 4.69) is 73.6 Å². The molecule has 0 radical (unpaired) electrons. The second-order valence-electron chi connectivity index (χ2n) is 10.6. The molecule has 2 nitrogen and oxygen atoms in total. The average molecular weight is 397 g/mol. The van der Waals surface area contributed by atoms with E-state index in [0.29, 0.717) is 11.5 Å². The van der Waals surface area contributed by atoms with Crippen LogP contribution in [0.3, 0.4) is 0 Å². The molecule has 160 valence electrons. The minimum absolute atomic E-state index is 0.143. The van der Waals surface area contributed by atoms with Crippen LogP contribution in [0, 0.1) is 13.8 Å². The fraction of sp³-hybridized carbons (Fsp3) is 0.556. The van der Waals surface area contributed by atoms with E-state index in [0.717, 1.165) is 47.9 Å². The maximum atomic E-state index is 11.0. The van der Waals surface area contributed by atoms with E-state index < -0.39 is 0 Å². The first-order valence-electron chi connectivity index (χ1n) is 10.9. The van der Waals surface area contributed by atoms with E-state index in [1.54, 1.807) is 0 Å². The van der Waals surface area contributed by atoms with Crippen LogP contribution in [-0.4, -0.2) is 10.2 Å². The Morgan fingerprint density at radius 2 is 1.31 bits per heavy atom. The predicted molar refractivity (Wildman–Crippen MR) is 125 cm³/mol. The first-order chi connectivity index (χ1) is 13.3. The summed E-state index contributed by atoms with van der Waals surface area (Å²) in [5.74, 6) is 0.866. The summed E-state index contributed by atoms with van der Waals surface area (Å²) < 4.78 is 0. The molecule has 0 unspecified atom stereocenters. The maximum absolute atomic E-state index is 11.0. The topological polar surface area (TPSA) is 40.5 Å². The number of unbranched alkanes of at least 4 members (excludes halogenated alkanes) is 1. The molecule has 0 atom stereocenters. The summed E-state index contributed by atoms with van der Waals surface area (Å²) in [5, 5.41) is 21.8. The van der Waals surface area contributed by atoms with Gasteiger partial charge in [-0.05, 0) is 82.9 Å². The lowest BCUT2D eigenvalue weighted by Crippen LogP contribution is -2.18. The van der Waals surface area contributed by atoms with E-state index in [9.17, 15) is 10.2 Å². The Balaban J connectivity index is 2.59. The molecule has 2 heteroatoms. The van der Waals surface area contributed by atoms with Crippen molar-refractivity contribution in [3.05, 3.63) is 57.1 Å². The number of hydrogen-bond donors (Lipinski definition) is 2. The highest BCUT2D eigenvalue weighted by molar-refractivity contribution is 5.54. The lowest BCUT2D eigenvalue weighted by molar-refractivity contribution is 0.422. The van der Waals surface area contributed by atoms with Gasteiger partial charge in [0.25, 0.3) is 0 Å². The first-order valence-corrected chi connectivity index (χ1v) is 10.9. The van der Waals surface area contributed by atoms with Crippen LogP contribution in [0.2, 0.25) is 0 Å². The molecule has 0 spiro atoms.